The first-order chi connectivity index (χ1) is 8.17. The van der Waals surface area contributed by atoms with Gasteiger partial charge in [0.25, 0.3) is 0 Å². The largest absolute Gasteiger partial charge is 0.367 e. The third-order valence-electron chi connectivity index (χ3n) is 3.65. The lowest BCUT2D eigenvalue weighted by molar-refractivity contribution is -0.0761. The number of hydrogen-bond acceptors (Lipinski definition) is 3. The van der Waals surface area contributed by atoms with Crippen LogP contribution in [-0.2, 0) is 10.3 Å². The van der Waals surface area contributed by atoms with Gasteiger partial charge in [-0.25, -0.2) is 9.97 Å². The summed E-state index contributed by atoms with van der Waals surface area (Å²) in [7, 11) is 0. The number of nitrogens with zero attached hydrogens (tertiary/aromatic N) is 2. The monoisotopic (exact) mass is 252 g/mol. The van der Waals surface area contributed by atoms with Gasteiger partial charge in [0.2, 0.25) is 0 Å². The number of hydrogen-bond donors (Lipinski definition) is 0. The average molecular weight is 253 g/mol. The molecule has 0 amide bonds. The zero-order chi connectivity index (χ0) is 11.9. The van der Waals surface area contributed by atoms with Crippen molar-refractivity contribution in [2.75, 3.05) is 6.61 Å². The summed E-state index contributed by atoms with van der Waals surface area (Å²) in [5.74, 6) is 1.37. The highest BCUT2D eigenvalue weighted by Crippen LogP contribution is 2.41. The molecular weight excluding hydrogens is 236 g/mol. The van der Waals surface area contributed by atoms with Crippen LogP contribution in [0.1, 0.15) is 56.5 Å². The number of halogens is 1. The summed E-state index contributed by atoms with van der Waals surface area (Å²) in [6.07, 6.45) is 5.74. The minimum atomic E-state index is -0.340. The smallest absolute Gasteiger partial charge is 0.161 e. The van der Waals surface area contributed by atoms with Crippen molar-refractivity contribution in [3.63, 3.8) is 0 Å². The molecule has 1 aliphatic heterocycles. The fraction of sp³-hybridized carbons (Fsp3) is 0.692. The second-order valence-corrected chi connectivity index (χ2v) is 5.64. The molecule has 3 rings (SSSR count). The van der Waals surface area contributed by atoms with Crippen LogP contribution in [0, 0.1) is 0 Å². The van der Waals surface area contributed by atoms with E-state index in [-0.39, 0.29) is 5.60 Å². The third-order valence-corrected chi connectivity index (χ3v) is 3.85. The molecule has 17 heavy (non-hydrogen) atoms. The van der Waals surface area contributed by atoms with Gasteiger partial charge in [0, 0.05) is 18.2 Å². The first-order valence-corrected chi connectivity index (χ1v) is 6.74. The summed E-state index contributed by atoms with van der Waals surface area (Å²) in [6, 6.07) is 1.90. The van der Waals surface area contributed by atoms with E-state index in [1.54, 1.807) is 0 Å². The zero-order valence-corrected chi connectivity index (χ0v) is 10.8. The van der Waals surface area contributed by atoms with Crippen LogP contribution in [0.3, 0.4) is 0 Å². The first kappa shape index (κ1) is 11.4. The lowest BCUT2D eigenvalue weighted by atomic mass is 9.95. The summed E-state index contributed by atoms with van der Waals surface area (Å²) < 4.78 is 5.88. The third kappa shape index (κ3) is 2.31. The van der Waals surface area contributed by atoms with E-state index < -0.39 is 0 Å². The molecule has 2 aliphatic rings. The van der Waals surface area contributed by atoms with Crippen LogP contribution >= 0.6 is 11.6 Å². The van der Waals surface area contributed by atoms with E-state index in [1.165, 1.54) is 19.3 Å². The van der Waals surface area contributed by atoms with E-state index in [2.05, 4.69) is 16.9 Å². The molecule has 92 valence electrons. The summed E-state index contributed by atoms with van der Waals surface area (Å²) in [5.41, 5.74) is 0.752. The molecule has 1 saturated heterocycles. The summed E-state index contributed by atoms with van der Waals surface area (Å²) in [6.45, 7) is 2.87. The molecule has 0 aromatic carbocycles. The van der Waals surface area contributed by atoms with Crippen molar-refractivity contribution >= 4 is 11.6 Å². The maximum absolute atomic E-state index is 6.10. The molecule has 2 fully saturated rings. The maximum Gasteiger partial charge on any atom is 0.161 e. The van der Waals surface area contributed by atoms with Crippen molar-refractivity contribution in [3.05, 3.63) is 22.7 Å². The van der Waals surface area contributed by atoms with E-state index in [9.17, 15) is 0 Å². The van der Waals surface area contributed by atoms with Crippen LogP contribution in [0.4, 0.5) is 0 Å². The highest BCUT2D eigenvalue weighted by atomic mass is 35.5. The molecule has 1 saturated carbocycles. The first-order valence-electron chi connectivity index (χ1n) is 6.36. The Morgan fingerprint density at radius 1 is 1.35 bits per heavy atom. The van der Waals surface area contributed by atoms with Gasteiger partial charge in [0.05, 0.1) is 0 Å². The Balaban J connectivity index is 1.95. The molecule has 2 heterocycles. The topological polar surface area (TPSA) is 35.0 Å². The fourth-order valence-corrected chi connectivity index (χ4v) is 2.56. The second-order valence-electron chi connectivity index (χ2n) is 5.25. The Kier molecular flexibility index (Phi) is 2.83. The van der Waals surface area contributed by atoms with Gasteiger partial charge in [-0.15, -0.1) is 0 Å². The lowest BCUT2D eigenvalue weighted by Gasteiger charge is -2.32. The van der Waals surface area contributed by atoms with Gasteiger partial charge in [-0.05, 0) is 45.1 Å². The van der Waals surface area contributed by atoms with Crippen molar-refractivity contribution in [1.82, 2.24) is 9.97 Å². The van der Waals surface area contributed by atoms with E-state index in [1.807, 2.05) is 6.07 Å². The molecule has 1 aromatic rings. The molecule has 3 nitrogen and oxygen atoms in total. The van der Waals surface area contributed by atoms with E-state index in [4.69, 9.17) is 16.3 Å². The molecular formula is C13H17ClN2O. The highest BCUT2D eigenvalue weighted by Gasteiger charge is 2.35. The Labute approximate surface area is 107 Å². The van der Waals surface area contributed by atoms with Crippen LogP contribution in [-0.4, -0.2) is 16.6 Å². The van der Waals surface area contributed by atoms with Gasteiger partial charge in [-0.1, -0.05) is 11.6 Å². The van der Waals surface area contributed by atoms with Crippen molar-refractivity contribution < 1.29 is 4.74 Å². The van der Waals surface area contributed by atoms with Gasteiger partial charge in [0.15, 0.2) is 5.82 Å². The van der Waals surface area contributed by atoms with Crippen LogP contribution in [0.5, 0.6) is 0 Å². The molecule has 1 aromatic heterocycles. The Morgan fingerprint density at radius 2 is 2.18 bits per heavy atom. The minimum absolute atomic E-state index is 0.340. The van der Waals surface area contributed by atoms with Crippen molar-refractivity contribution in [2.45, 2.75) is 50.5 Å². The highest BCUT2D eigenvalue weighted by molar-refractivity contribution is 6.29. The van der Waals surface area contributed by atoms with Gasteiger partial charge in [0.1, 0.15) is 10.8 Å². The van der Waals surface area contributed by atoms with Crippen LogP contribution in [0.2, 0.25) is 5.15 Å². The number of aromatic nitrogens is 2. The second kappa shape index (κ2) is 4.21. The summed E-state index contributed by atoms with van der Waals surface area (Å²) >= 11 is 6.10. The standard InChI is InChI=1S/C13H17ClN2O/c1-13(6-2-3-7-17-13)12-15-10(9-4-5-9)8-11(14)16-12/h8-9H,2-7H2,1H3. The minimum Gasteiger partial charge on any atom is -0.367 e. The average Bonchev–Trinajstić information content (AvgIpc) is 3.13. The molecule has 0 N–H and O–H groups in total. The lowest BCUT2D eigenvalue weighted by Crippen LogP contribution is -2.32. The zero-order valence-electron chi connectivity index (χ0n) is 10.1. The molecule has 1 atom stereocenters. The van der Waals surface area contributed by atoms with Gasteiger partial charge >= 0.3 is 0 Å². The number of ether oxygens (including phenoxy) is 1. The van der Waals surface area contributed by atoms with Crippen LogP contribution < -0.4 is 0 Å². The predicted molar refractivity (Wildman–Crippen MR) is 66.2 cm³/mol. The van der Waals surface area contributed by atoms with E-state index in [0.717, 1.165) is 31.0 Å². The Morgan fingerprint density at radius 3 is 2.82 bits per heavy atom. The quantitative estimate of drug-likeness (QED) is 0.757. The van der Waals surface area contributed by atoms with Gasteiger partial charge in [-0.3, -0.25) is 0 Å². The van der Waals surface area contributed by atoms with Gasteiger partial charge < -0.3 is 4.74 Å². The van der Waals surface area contributed by atoms with Crippen molar-refractivity contribution in [2.24, 2.45) is 0 Å². The fourth-order valence-electron chi connectivity index (χ4n) is 2.37. The Bertz CT molecular complexity index is 425. The van der Waals surface area contributed by atoms with Crippen LogP contribution in [0.15, 0.2) is 6.07 Å². The number of rotatable bonds is 2. The van der Waals surface area contributed by atoms with Gasteiger partial charge in [-0.2, -0.15) is 0 Å². The Hall–Kier alpha value is -0.670. The molecule has 1 unspecified atom stereocenters. The van der Waals surface area contributed by atoms with Crippen LogP contribution in [0.25, 0.3) is 0 Å². The molecule has 1 aliphatic carbocycles. The molecule has 0 spiro atoms. The van der Waals surface area contributed by atoms with Crippen molar-refractivity contribution in [3.8, 4) is 0 Å². The summed E-state index contributed by atoms with van der Waals surface area (Å²) in [5, 5.41) is 0.548. The van der Waals surface area contributed by atoms with E-state index >= 15 is 0 Å². The maximum atomic E-state index is 6.10. The van der Waals surface area contributed by atoms with E-state index in [0.29, 0.717) is 11.1 Å². The summed E-state index contributed by atoms with van der Waals surface area (Å²) in [4.78, 5) is 9.04. The normalized spacial score (nSPS) is 29.3. The van der Waals surface area contributed by atoms with Crippen molar-refractivity contribution in [1.29, 1.82) is 0 Å². The molecule has 0 radical (unpaired) electrons. The predicted octanol–water partition coefficient (Wildman–Crippen LogP) is 3.42. The SMILES string of the molecule is CC1(c2nc(Cl)cc(C3CC3)n2)CCCCO1. The molecule has 4 heteroatoms. The molecule has 0 bridgehead atoms.